The van der Waals surface area contributed by atoms with Crippen molar-refractivity contribution < 1.29 is 4.92 Å². The van der Waals surface area contributed by atoms with E-state index in [0.29, 0.717) is 11.6 Å². The molecular weight excluding hydrogens is 206 g/mol. The molecule has 5 nitrogen and oxygen atoms in total. The van der Waals surface area contributed by atoms with Gasteiger partial charge in [0.05, 0.1) is 4.92 Å². The summed E-state index contributed by atoms with van der Waals surface area (Å²) in [4.78, 5) is 10.4. The van der Waals surface area contributed by atoms with Crippen molar-refractivity contribution in [2.24, 2.45) is 5.92 Å². The van der Waals surface area contributed by atoms with Gasteiger partial charge >= 0.3 is 5.69 Å². The number of nitrogens with zero attached hydrogens (tertiary/aromatic N) is 2. The standard InChI is InChI=1S/C11H11N3O2/c12-6-9-2-1-3-10(11(9)14(15)16)13-7-8-4-5-8/h1-3,8,13H,4-5,7H2. The van der Waals surface area contributed by atoms with Gasteiger partial charge in [-0.25, -0.2) is 0 Å². The highest BCUT2D eigenvalue weighted by molar-refractivity contribution is 5.68. The fourth-order valence-electron chi connectivity index (χ4n) is 1.55. The number of nitro groups is 1. The maximum atomic E-state index is 10.9. The topological polar surface area (TPSA) is 79.0 Å². The van der Waals surface area contributed by atoms with Gasteiger partial charge in [-0.05, 0) is 30.9 Å². The van der Waals surface area contributed by atoms with Gasteiger partial charge in [0, 0.05) is 6.54 Å². The monoisotopic (exact) mass is 217 g/mol. The molecule has 1 aliphatic rings. The number of nitriles is 1. The van der Waals surface area contributed by atoms with Crippen molar-refractivity contribution in [3.05, 3.63) is 33.9 Å². The number of hydrogen-bond acceptors (Lipinski definition) is 4. The summed E-state index contributed by atoms with van der Waals surface area (Å²) >= 11 is 0. The van der Waals surface area contributed by atoms with E-state index in [1.54, 1.807) is 12.1 Å². The summed E-state index contributed by atoms with van der Waals surface area (Å²) < 4.78 is 0. The van der Waals surface area contributed by atoms with Crippen LogP contribution in [-0.2, 0) is 0 Å². The van der Waals surface area contributed by atoms with Gasteiger partial charge in [-0.3, -0.25) is 10.1 Å². The van der Waals surface area contributed by atoms with Crippen LogP contribution in [0.15, 0.2) is 18.2 Å². The molecule has 1 fully saturated rings. The van der Waals surface area contributed by atoms with Crippen LogP contribution in [0.2, 0.25) is 0 Å². The van der Waals surface area contributed by atoms with Gasteiger partial charge in [-0.1, -0.05) is 6.07 Å². The van der Waals surface area contributed by atoms with E-state index >= 15 is 0 Å². The smallest absolute Gasteiger partial charge is 0.309 e. The summed E-state index contributed by atoms with van der Waals surface area (Å²) in [7, 11) is 0. The Bertz CT molecular complexity index is 461. The van der Waals surface area contributed by atoms with E-state index in [9.17, 15) is 10.1 Å². The molecule has 82 valence electrons. The van der Waals surface area contributed by atoms with E-state index in [1.807, 2.05) is 6.07 Å². The summed E-state index contributed by atoms with van der Waals surface area (Å²) in [5, 5.41) is 22.7. The fourth-order valence-corrected chi connectivity index (χ4v) is 1.55. The second-order valence-corrected chi connectivity index (χ2v) is 3.89. The van der Waals surface area contributed by atoms with Crippen LogP contribution in [0.1, 0.15) is 18.4 Å². The molecule has 1 aliphatic carbocycles. The molecule has 1 aromatic carbocycles. The Morgan fingerprint density at radius 1 is 1.56 bits per heavy atom. The van der Waals surface area contributed by atoms with Gasteiger partial charge in [-0.15, -0.1) is 0 Å². The Morgan fingerprint density at radius 2 is 2.31 bits per heavy atom. The minimum atomic E-state index is -0.506. The molecule has 0 saturated heterocycles. The Morgan fingerprint density at radius 3 is 2.88 bits per heavy atom. The number of anilines is 1. The molecule has 1 N–H and O–H groups in total. The first-order valence-corrected chi connectivity index (χ1v) is 5.13. The molecule has 2 rings (SSSR count). The van der Waals surface area contributed by atoms with Crippen molar-refractivity contribution in [3.63, 3.8) is 0 Å². The van der Waals surface area contributed by atoms with Crippen molar-refractivity contribution in [3.8, 4) is 6.07 Å². The molecule has 0 atom stereocenters. The van der Waals surface area contributed by atoms with E-state index in [4.69, 9.17) is 5.26 Å². The largest absolute Gasteiger partial charge is 0.379 e. The van der Waals surface area contributed by atoms with Gasteiger partial charge in [-0.2, -0.15) is 5.26 Å². The summed E-state index contributed by atoms with van der Waals surface area (Å²) in [5.41, 5.74) is 0.424. The first kappa shape index (κ1) is 10.4. The van der Waals surface area contributed by atoms with Crippen LogP contribution in [0.25, 0.3) is 0 Å². The summed E-state index contributed by atoms with van der Waals surface area (Å²) in [6.07, 6.45) is 2.36. The van der Waals surface area contributed by atoms with Gasteiger partial charge < -0.3 is 5.32 Å². The van der Waals surface area contributed by atoms with Gasteiger partial charge in [0.2, 0.25) is 0 Å². The number of hydrogen-bond donors (Lipinski definition) is 1. The Kier molecular flexibility index (Phi) is 2.73. The molecule has 0 aliphatic heterocycles. The van der Waals surface area contributed by atoms with Gasteiger partial charge in [0.1, 0.15) is 17.3 Å². The lowest BCUT2D eigenvalue weighted by Gasteiger charge is -2.06. The first-order chi connectivity index (χ1) is 7.72. The fraction of sp³-hybridized carbons (Fsp3) is 0.364. The minimum absolute atomic E-state index is 0.103. The third-order valence-electron chi connectivity index (χ3n) is 2.62. The Labute approximate surface area is 92.8 Å². The van der Waals surface area contributed by atoms with Gasteiger partial charge in [0.25, 0.3) is 0 Å². The number of rotatable bonds is 4. The highest BCUT2D eigenvalue weighted by atomic mass is 16.6. The number of benzene rings is 1. The van der Waals surface area contributed by atoms with Crippen LogP contribution in [0.5, 0.6) is 0 Å². The zero-order valence-corrected chi connectivity index (χ0v) is 8.64. The predicted octanol–water partition coefficient (Wildman–Crippen LogP) is 2.29. The Balaban J connectivity index is 2.27. The summed E-state index contributed by atoms with van der Waals surface area (Å²) in [5.74, 6) is 0.630. The van der Waals surface area contributed by atoms with Crippen LogP contribution in [0.4, 0.5) is 11.4 Å². The molecule has 0 amide bonds. The highest BCUT2D eigenvalue weighted by Gasteiger charge is 2.24. The minimum Gasteiger partial charge on any atom is -0.379 e. The molecule has 0 heterocycles. The van der Waals surface area contributed by atoms with E-state index < -0.39 is 4.92 Å². The van der Waals surface area contributed by atoms with E-state index in [0.717, 1.165) is 6.54 Å². The van der Waals surface area contributed by atoms with Crippen LogP contribution in [0, 0.1) is 27.4 Å². The first-order valence-electron chi connectivity index (χ1n) is 5.13. The quantitative estimate of drug-likeness (QED) is 0.619. The van der Waals surface area contributed by atoms with E-state index in [-0.39, 0.29) is 11.3 Å². The lowest BCUT2D eigenvalue weighted by Crippen LogP contribution is -2.06. The maximum absolute atomic E-state index is 10.9. The summed E-state index contributed by atoms with van der Waals surface area (Å²) in [6.45, 7) is 0.746. The average Bonchev–Trinajstić information content (AvgIpc) is 3.09. The highest BCUT2D eigenvalue weighted by Crippen LogP contribution is 2.32. The van der Waals surface area contributed by atoms with Crippen LogP contribution in [0.3, 0.4) is 0 Å². The van der Waals surface area contributed by atoms with Crippen LogP contribution >= 0.6 is 0 Å². The Hall–Kier alpha value is -2.09. The second kappa shape index (κ2) is 4.19. The SMILES string of the molecule is N#Cc1cccc(NCC2CC2)c1[N+](=O)[O-]. The third kappa shape index (κ3) is 2.11. The molecule has 16 heavy (non-hydrogen) atoms. The van der Waals surface area contributed by atoms with Crippen LogP contribution < -0.4 is 5.32 Å². The third-order valence-corrected chi connectivity index (χ3v) is 2.62. The molecule has 0 aromatic heterocycles. The lowest BCUT2D eigenvalue weighted by atomic mass is 10.1. The molecule has 0 radical (unpaired) electrons. The summed E-state index contributed by atoms with van der Waals surface area (Å²) in [6, 6.07) is 6.59. The van der Waals surface area contributed by atoms with Crippen molar-refractivity contribution in [2.45, 2.75) is 12.8 Å². The molecular formula is C11H11N3O2. The van der Waals surface area contributed by atoms with Crippen LogP contribution in [-0.4, -0.2) is 11.5 Å². The average molecular weight is 217 g/mol. The predicted molar refractivity (Wildman–Crippen MR) is 59.0 cm³/mol. The zero-order chi connectivity index (χ0) is 11.5. The molecule has 0 bridgehead atoms. The molecule has 5 heteroatoms. The van der Waals surface area contributed by atoms with Crippen molar-refractivity contribution in [1.82, 2.24) is 0 Å². The molecule has 0 unspecified atom stereocenters. The maximum Gasteiger partial charge on any atom is 0.309 e. The number of nitrogens with one attached hydrogen (secondary N) is 1. The number of para-hydroxylation sites is 1. The molecule has 1 aromatic rings. The number of nitro benzene ring substituents is 1. The van der Waals surface area contributed by atoms with Gasteiger partial charge in [0.15, 0.2) is 0 Å². The van der Waals surface area contributed by atoms with E-state index in [1.165, 1.54) is 18.9 Å². The zero-order valence-electron chi connectivity index (χ0n) is 8.64. The van der Waals surface area contributed by atoms with Crippen molar-refractivity contribution >= 4 is 11.4 Å². The van der Waals surface area contributed by atoms with Crippen molar-refractivity contribution in [1.29, 1.82) is 5.26 Å². The van der Waals surface area contributed by atoms with Crippen molar-refractivity contribution in [2.75, 3.05) is 11.9 Å². The molecule has 1 saturated carbocycles. The normalized spacial score (nSPS) is 14.2. The second-order valence-electron chi connectivity index (χ2n) is 3.89. The molecule has 0 spiro atoms. The lowest BCUT2D eigenvalue weighted by molar-refractivity contribution is -0.384. The van der Waals surface area contributed by atoms with E-state index in [2.05, 4.69) is 5.32 Å².